The van der Waals surface area contributed by atoms with E-state index < -0.39 is 11.9 Å². The van der Waals surface area contributed by atoms with Crippen molar-refractivity contribution < 1.29 is 33.0 Å². The number of carbonyl (C=O) groups excluding carboxylic acids is 2. The number of nitrogens with two attached hydrogens (primary N) is 1. The average molecular weight is 439 g/mol. The molecule has 32 heavy (non-hydrogen) atoms. The van der Waals surface area contributed by atoms with Gasteiger partial charge in [-0.25, -0.2) is 4.79 Å². The Kier molecular flexibility index (Phi) is 6.20. The van der Waals surface area contributed by atoms with E-state index in [0.717, 1.165) is 5.75 Å². The number of benzene rings is 1. The third kappa shape index (κ3) is 4.21. The maximum absolute atomic E-state index is 12.8. The third-order valence-electron chi connectivity index (χ3n) is 5.39. The molecule has 2 aromatic rings. The zero-order valence-electron chi connectivity index (χ0n) is 18.0. The largest absolute Gasteiger partial charge is 0.497 e. The quantitative estimate of drug-likeness (QED) is 0.650. The van der Waals surface area contributed by atoms with Crippen molar-refractivity contribution >= 4 is 11.8 Å². The van der Waals surface area contributed by atoms with Gasteiger partial charge in [0, 0.05) is 18.4 Å². The number of ether oxygens (including phenoxy) is 4. The molecule has 1 aliphatic heterocycles. The van der Waals surface area contributed by atoms with Crippen LogP contribution < -0.4 is 15.2 Å². The summed E-state index contributed by atoms with van der Waals surface area (Å²) in [4.78, 5) is 25.5. The minimum Gasteiger partial charge on any atom is -0.497 e. The van der Waals surface area contributed by atoms with Crippen molar-refractivity contribution in [1.29, 1.82) is 0 Å². The van der Waals surface area contributed by atoms with Crippen molar-refractivity contribution in [3.63, 3.8) is 0 Å². The summed E-state index contributed by atoms with van der Waals surface area (Å²) < 4.78 is 27.8. The van der Waals surface area contributed by atoms with E-state index in [9.17, 15) is 9.59 Å². The van der Waals surface area contributed by atoms with Crippen LogP contribution in [0.5, 0.6) is 11.5 Å². The molecule has 1 aromatic heterocycles. The number of methoxy groups -OCH3 is 1. The maximum Gasteiger partial charge on any atom is 0.340 e. The Morgan fingerprint density at radius 2 is 1.88 bits per heavy atom. The highest BCUT2D eigenvalue weighted by molar-refractivity contribution is 6.03. The molecule has 2 N–H and O–H groups in total. The molecule has 168 valence electrons. The molecule has 4 rings (SSSR count). The highest BCUT2D eigenvalue weighted by atomic mass is 16.5. The Balaban J connectivity index is 1.61. The summed E-state index contributed by atoms with van der Waals surface area (Å²) in [6.07, 6.45) is 1.62. The second kappa shape index (κ2) is 9.21. The topological polar surface area (TPSA) is 110 Å². The van der Waals surface area contributed by atoms with Gasteiger partial charge >= 0.3 is 5.97 Å². The molecule has 1 atom stereocenters. The molecule has 0 unspecified atom stereocenters. The molecule has 1 aromatic carbocycles. The van der Waals surface area contributed by atoms with E-state index in [1.54, 1.807) is 50.4 Å². The first-order chi connectivity index (χ1) is 15.5. The summed E-state index contributed by atoms with van der Waals surface area (Å²) in [5.41, 5.74) is 6.58. The van der Waals surface area contributed by atoms with Gasteiger partial charge in [0.1, 0.15) is 41.0 Å². The van der Waals surface area contributed by atoms with E-state index >= 15 is 0 Å². The van der Waals surface area contributed by atoms with Gasteiger partial charge in [0.05, 0.1) is 19.6 Å². The zero-order valence-corrected chi connectivity index (χ0v) is 18.0. The van der Waals surface area contributed by atoms with Gasteiger partial charge < -0.3 is 29.1 Å². The molecule has 2 heterocycles. The predicted octanol–water partition coefficient (Wildman–Crippen LogP) is 3.72. The van der Waals surface area contributed by atoms with Crippen molar-refractivity contribution in [3.8, 4) is 11.5 Å². The van der Waals surface area contributed by atoms with Gasteiger partial charge in [0.25, 0.3) is 0 Å². The molecular weight excluding hydrogens is 414 g/mol. The van der Waals surface area contributed by atoms with Gasteiger partial charge in [-0.15, -0.1) is 0 Å². The summed E-state index contributed by atoms with van der Waals surface area (Å²) in [6.45, 7) is 2.04. The Morgan fingerprint density at radius 1 is 1.12 bits per heavy atom. The first-order valence-electron chi connectivity index (χ1n) is 10.5. The zero-order chi connectivity index (χ0) is 22.7. The second-order valence-corrected chi connectivity index (χ2v) is 7.42. The summed E-state index contributed by atoms with van der Waals surface area (Å²) >= 11 is 0. The summed E-state index contributed by atoms with van der Waals surface area (Å²) in [5, 5.41) is 0. The predicted molar refractivity (Wildman–Crippen MR) is 114 cm³/mol. The van der Waals surface area contributed by atoms with E-state index in [1.807, 2.05) is 0 Å². The average Bonchev–Trinajstić information content (AvgIpc) is 3.26. The molecule has 0 radical (unpaired) electrons. The Hall–Kier alpha value is -3.68. The number of Topliss-reactive ketones (excluding diaryl/α,β-unsaturated/α-hetero) is 1. The number of esters is 1. The van der Waals surface area contributed by atoms with Crippen LogP contribution in [0.1, 0.15) is 43.6 Å². The van der Waals surface area contributed by atoms with Crippen LogP contribution in [0.25, 0.3) is 0 Å². The number of hydrogen-bond acceptors (Lipinski definition) is 8. The molecule has 2 aliphatic rings. The standard InChI is InChI=1S/C24H25NO7/c1-3-29-24(27)22-21(20-17(26)5-4-6-18(20)32-23(22)25)19-12-11-16(31-19)13-30-15-9-7-14(28-2)8-10-15/h7-12,21H,3-6,13,25H2,1-2H3/t21-/m1/s1. The second-order valence-electron chi connectivity index (χ2n) is 7.42. The SMILES string of the molecule is CCOC(=O)C1=C(N)OC2=C(C(=O)CCC2)[C@H]1c1ccc(COc2ccc(OC)cc2)o1. The van der Waals surface area contributed by atoms with Crippen LogP contribution >= 0.6 is 0 Å². The van der Waals surface area contributed by atoms with Crippen LogP contribution in [0, 0.1) is 0 Å². The summed E-state index contributed by atoms with van der Waals surface area (Å²) in [5.74, 6) is 1.27. The molecule has 0 fully saturated rings. The van der Waals surface area contributed by atoms with Crippen molar-refractivity contribution in [3.05, 3.63) is 70.7 Å². The van der Waals surface area contributed by atoms with E-state index in [2.05, 4.69) is 0 Å². The van der Waals surface area contributed by atoms with Crippen LogP contribution in [0.4, 0.5) is 0 Å². The molecule has 1 aliphatic carbocycles. The first-order valence-corrected chi connectivity index (χ1v) is 10.5. The highest BCUT2D eigenvalue weighted by Crippen LogP contribution is 2.44. The van der Waals surface area contributed by atoms with Crippen LogP contribution in [0.15, 0.2) is 63.6 Å². The highest BCUT2D eigenvalue weighted by Gasteiger charge is 2.42. The fourth-order valence-corrected chi connectivity index (χ4v) is 3.90. The Morgan fingerprint density at radius 3 is 2.59 bits per heavy atom. The van der Waals surface area contributed by atoms with E-state index in [-0.39, 0.29) is 30.5 Å². The van der Waals surface area contributed by atoms with Gasteiger partial charge in [-0.05, 0) is 49.7 Å². The smallest absolute Gasteiger partial charge is 0.340 e. The number of ketones is 1. The molecule has 8 heteroatoms. The van der Waals surface area contributed by atoms with Crippen molar-refractivity contribution in [2.75, 3.05) is 13.7 Å². The lowest BCUT2D eigenvalue weighted by Crippen LogP contribution is -2.31. The van der Waals surface area contributed by atoms with Gasteiger partial charge in [0.15, 0.2) is 5.78 Å². The maximum atomic E-state index is 12.8. The fourth-order valence-electron chi connectivity index (χ4n) is 3.90. The molecule has 0 saturated carbocycles. The minimum atomic E-state index is -0.777. The molecule has 0 amide bonds. The van der Waals surface area contributed by atoms with Crippen LogP contribution in [-0.2, 0) is 25.7 Å². The van der Waals surface area contributed by atoms with Crippen molar-refractivity contribution in [1.82, 2.24) is 0 Å². The number of hydrogen-bond donors (Lipinski definition) is 1. The van der Waals surface area contributed by atoms with Crippen LogP contribution in [0.3, 0.4) is 0 Å². The lowest BCUT2D eigenvalue weighted by Gasteiger charge is -2.31. The molecular formula is C24H25NO7. The van der Waals surface area contributed by atoms with Gasteiger partial charge in [-0.1, -0.05) is 0 Å². The van der Waals surface area contributed by atoms with E-state index in [0.29, 0.717) is 47.9 Å². The summed E-state index contributed by atoms with van der Waals surface area (Å²) in [7, 11) is 1.60. The molecule has 8 nitrogen and oxygen atoms in total. The van der Waals surface area contributed by atoms with E-state index in [4.69, 9.17) is 29.1 Å². The first kappa shape index (κ1) is 21.5. The fraction of sp³-hybridized carbons (Fsp3) is 0.333. The lowest BCUT2D eigenvalue weighted by molar-refractivity contribution is -0.139. The minimum absolute atomic E-state index is 0.0608. The number of carbonyl (C=O) groups is 2. The number of allylic oxidation sites excluding steroid dienone is 2. The number of furan rings is 1. The van der Waals surface area contributed by atoms with Crippen molar-refractivity contribution in [2.24, 2.45) is 5.73 Å². The molecule has 0 bridgehead atoms. The number of rotatable bonds is 7. The Bertz CT molecular complexity index is 1080. The Labute approximate surface area is 185 Å². The monoisotopic (exact) mass is 439 g/mol. The lowest BCUT2D eigenvalue weighted by atomic mass is 9.79. The normalized spacial score (nSPS) is 18.2. The summed E-state index contributed by atoms with van der Waals surface area (Å²) in [6, 6.07) is 10.7. The third-order valence-corrected chi connectivity index (χ3v) is 5.39. The van der Waals surface area contributed by atoms with Crippen molar-refractivity contribution in [2.45, 2.75) is 38.7 Å². The van der Waals surface area contributed by atoms with Gasteiger partial charge in [-0.3, -0.25) is 4.79 Å². The van der Waals surface area contributed by atoms with Gasteiger partial charge in [-0.2, -0.15) is 0 Å². The molecule has 0 saturated heterocycles. The van der Waals surface area contributed by atoms with Gasteiger partial charge in [0.2, 0.25) is 5.88 Å². The van der Waals surface area contributed by atoms with E-state index in [1.165, 1.54) is 0 Å². The van der Waals surface area contributed by atoms with Crippen LogP contribution in [0.2, 0.25) is 0 Å². The molecule has 0 spiro atoms. The van der Waals surface area contributed by atoms with Crippen LogP contribution in [-0.4, -0.2) is 25.5 Å².